The molecule has 2 heterocycles. The minimum Gasteiger partial charge on any atom is -0.350 e. The van der Waals surface area contributed by atoms with E-state index in [4.69, 9.17) is 0 Å². The third kappa shape index (κ3) is 3.29. The summed E-state index contributed by atoms with van der Waals surface area (Å²) < 4.78 is 0.734. The molecule has 4 nitrogen and oxygen atoms in total. The van der Waals surface area contributed by atoms with E-state index in [1.54, 1.807) is 12.3 Å². The number of hydrogen-bond donors (Lipinski definition) is 2. The van der Waals surface area contributed by atoms with Crippen LogP contribution in [0.4, 0.5) is 0 Å². The molecular weight excluding hydrogens is 294 g/mol. The van der Waals surface area contributed by atoms with Crippen LogP contribution in [0, 0.1) is 5.41 Å². The highest BCUT2D eigenvalue weighted by Gasteiger charge is 2.27. The van der Waals surface area contributed by atoms with Crippen molar-refractivity contribution in [2.24, 2.45) is 5.41 Å². The van der Waals surface area contributed by atoms with E-state index >= 15 is 0 Å². The van der Waals surface area contributed by atoms with Gasteiger partial charge in [0.2, 0.25) is 0 Å². The Kier molecular flexibility index (Phi) is 4.35. The molecule has 1 aromatic rings. The van der Waals surface area contributed by atoms with Crippen molar-refractivity contribution in [3.8, 4) is 0 Å². The van der Waals surface area contributed by atoms with E-state index in [0.29, 0.717) is 12.2 Å². The van der Waals surface area contributed by atoms with Crippen LogP contribution >= 0.6 is 15.9 Å². The van der Waals surface area contributed by atoms with Crippen LogP contribution in [0.1, 0.15) is 30.3 Å². The number of carbonyl (C=O) groups excluding carboxylic acids is 1. The first-order chi connectivity index (χ1) is 8.61. The molecule has 0 radical (unpaired) electrons. The molecule has 0 spiro atoms. The van der Waals surface area contributed by atoms with Gasteiger partial charge in [-0.05, 0) is 59.4 Å². The normalized spacial score (nSPS) is 18.3. The lowest BCUT2D eigenvalue weighted by Crippen LogP contribution is -2.43. The first-order valence-corrected chi connectivity index (χ1v) is 6.99. The maximum absolute atomic E-state index is 12.0. The van der Waals surface area contributed by atoms with Crippen LogP contribution in [0.5, 0.6) is 0 Å². The van der Waals surface area contributed by atoms with Crippen molar-refractivity contribution >= 4 is 21.8 Å². The zero-order chi connectivity index (χ0) is 13.0. The van der Waals surface area contributed by atoms with Gasteiger partial charge in [-0.15, -0.1) is 0 Å². The summed E-state index contributed by atoms with van der Waals surface area (Å²) in [6.07, 6.45) is 3.82. The van der Waals surface area contributed by atoms with Crippen molar-refractivity contribution in [3.63, 3.8) is 0 Å². The molecule has 2 rings (SSSR count). The Hall–Kier alpha value is -0.940. The van der Waals surface area contributed by atoms with Gasteiger partial charge in [-0.25, -0.2) is 4.98 Å². The molecule has 1 saturated heterocycles. The molecule has 98 valence electrons. The first-order valence-electron chi connectivity index (χ1n) is 6.20. The molecule has 5 heteroatoms. The molecule has 1 fully saturated rings. The quantitative estimate of drug-likeness (QED) is 0.897. The van der Waals surface area contributed by atoms with E-state index in [-0.39, 0.29) is 11.3 Å². The Bertz CT molecular complexity index is 430. The number of hydrogen-bond acceptors (Lipinski definition) is 3. The van der Waals surface area contributed by atoms with E-state index < -0.39 is 0 Å². The summed E-state index contributed by atoms with van der Waals surface area (Å²) >= 11 is 3.34. The van der Waals surface area contributed by atoms with Crippen LogP contribution in [-0.2, 0) is 0 Å². The van der Waals surface area contributed by atoms with Crippen molar-refractivity contribution in [1.82, 2.24) is 15.6 Å². The van der Waals surface area contributed by atoms with Crippen LogP contribution in [0.15, 0.2) is 22.8 Å². The molecular formula is C13H18BrN3O. The predicted octanol–water partition coefficient (Wildman–Crippen LogP) is 1.96. The van der Waals surface area contributed by atoms with Crippen LogP contribution < -0.4 is 10.6 Å². The average Bonchev–Trinajstić information content (AvgIpc) is 2.38. The number of rotatable bonds is 3. The second-order valence-electron chi connectivity index (χ2n) is 5.08. The standard InChI is InChI=1S/C13H18BrN3O/c1-13(4-7-15-8-5-13)9-17-12(18)11-10(14)3-2-6-16-11/h2-3,6,15H,4-5,7-9H2,1H3,(H,17,18). The monoisotopic (exact) mass is 311 g/mol. The van der Waals surface area contributed by atoms with Gasteiger partial charge in [0.1, 0.15) is 5.69 Å². The number of nitrogens with zero attached hydrogens (tertiary/aromatic N) is 1. The van der Waals surface area contributed by atoms with Gasteiger partial charge in [0.25, 0.3) is 5.91 Å². The van der Waals surface area contributed by atoms with Gasteiger partial charge in [-0.1, -0.05) is 6.92 Å². The molecule has 18 heavy (non-hydrogen) atoms. The van der Waals surface area contributed by atoms with Gasteiger partial charge in [0.05, 0.1) is 0 Å². The summed E-state index contributed by atoms with van der Waals surface area (Å²) in [7, 11) is 0. The van der Waals surface area contributed by atoms with Crippen LogP contribution in [0.2, 0.25) is 0 Å². The van der Waals surface area contributed by atoms with Crippen LogP contribution in [-0.4, -0.2) is 30.5 Å². The third-order valence-electron chi connectivity index (χ3n) is 3.46. The highest BCUT2D eigenvalue weighted by molar-refractivity contribution is 9.10. The topological polar surface area (TPSA) is 54.0 Å². The van der Waals surface area contributed by atoms with Crippen LogP contribution in [0.3, 0.4) is 0 Å². The largest absolute Gasteiger partial charge is 0.350 e. The highest BCUT2D eigenvalue weighted by atomic mass is 79.9. The van der Waals surface area contributed by atoms with E-state index in [0.717, 1.165) is 30.4 Å². The maximum Gasteiger partial charge on any atom is 0.271 e. The minimum atomic E-state index is -0.109. The lowest BCUT2D eigenvalue weighted by molar-refractivity contribution is 0.0916. The summed E-state index contributed by atoms with van der Waals surface area (Å²) in [5, 5.41) is 6.33. The fourth-order valence-corrected chi connectivity index (χ4v) is 2.57. The first kappa shape index (κ1) is 13.5. The van der Waals surface area contributed by atoms with Gasteiger partial charge in [0.15, 0.2) is 0 Å². The zero-order valence-electron chi connectivity index (χ0n) is 10.5. The average molecular weight is 312 g/mol. The van der Waals surface area contributed by atoms with Gasteiger partial charge in [-0.2, -0.15) is 0 Å². The van der Waals surface area contributed by atoms with Crippen molar-refractivity contribution < 1.29 is 4.79 Å². The SMILES string of the molecule is CC1(CNC(=O)c2ncccc2Br)CCNCC1. The lowest BCUT2D eigenvalue weighted by atomic mass is 9.81. The molecule has 0 aliphatic carbocycles. The summed E-state index contributed by atoms with van der Waals surface area (Å²) in [4.78, 5) is 16.1. The smallest absolute Gasteiger partial charge is 0.271 e. The van der Waals surface area contributed by atoms with Gasteiger partial charge in [0, 0.05) is 17.2 Å². The Labute approximate surface area is 116 Å². The molecule has 0 unspecified atom stereocenters. The Morgan fingerprint density at radius 3 is 2.94 bits per heavy atom. The number of pyridine rings is 1. The van der Waals surface area contributed by atoms with E-state index in [1.807, 2.05) is 6.07 Å². The molecule has 2 N–H and O–H groups in total. The van der Waals surface area contributed by atoms with Gasteiger partial charge in [-0.3, -0.25) is 4.79 Å². The predicted molar refractivity (Wildman–Crippen MR) is 74.5 cm³/mol. The second kappa shape index (κ2) is 5.80. The molecule has 0 bridgehead atoms. The zero-order valence-corrected chi connectivity index (χ0v) is 12.1. The fourth-order valence-electron chi connectivity index (χ4n) is 2.14. The second-order valence-corrected chi connectivity index (χ2v) is 5.93. The summed E-state index contributed by atoms with van der Waals surface area (Å²) in [5.74, 6) is -0.109. The Morgan fingerprint density at radius 1 is 1.56 bits per heavy atom. The van der Waals surface area contributed by atoms with Crippen molar-refractivity contribution in [1.29, 1.82) is 0 Å². The van der Waals surface area contributed by atoms with E-state index in [1.165, 1.54) is 0 Å². The maximum atomic E-state index is 12.0. The summed E-state index contributed by atoms with van der Waals surface area (Å²) in [5.41, 5.74) is 0.650. The Balaban J connectivity index is 1.94. The van der Waals surface area contributed by atoms with Crippen molar-refractivity contribution in [2.75, 3.05) is 19.6 Å². The minimum absolute atomic E-state index is 0.109. The molecule has 1 amide bonds. The molecule has 1 aliphatic rings. The van der Waals surface area contributed by atoms with Gasteiger partial charge >= 0.3 is 0 Å². The lowest BCUT2D eigenvalue weighted by Gasteiger charge is -2.34. The Morgan fingerprint density at radius 2 is 2.28 bits per heavy atom. The molecule has 0 atom stereocenters. The molecule has 1 aliphatic heterocycles. The van der Waals surface area contributed by atoms with E-state index in [2.05, 4.69) is 38.5 Å². The number of aromatic nitrogens is 1. The van der Waals surface area contributed by atoms with Gasteiger partial charge < -0.3 is 10.6 Å². The van der Waals surface area contributed by atoms with E-state index in [9.17, 15) is 4.79 Å². The van der Waals surface area contributed by atoms with Crippen LogP contribution in [0.25, 0.3) is 0 Å². The van der Waals surface area contributed by atoms with Crippen molar-refractivity contribution in [2.45, 2.75) is 19.8 Å². The molecule has 0 saturated carbocycles. The van der Waals surface area contributed by atoms with Crippen molar-refractivity contribution in [3.05, 3.63) is 28.5 Å². The third-order valence-corrected chi connectivity index (χ3v) is 4.10. The number of halogens is 1. The highest BCUT2D eigenvalue weighted by Crippen LogP contribution is 2.26. The number of nitrogens with one attached hydrogen (secondary N) is 2. The number of piperidine rings is 1. The molecule has 1 aromatic heterocycles. The fraction of sp³-hybridized carbons (Fsp3) is 0.538. The summed E-state index contributed by atoms with van der Waals surface area (Å²) in [6, 6.07) is 3.63. The number of amides is 1. The number of carbonyl (C=O) groups is 1. The molecule has 0 aromatic carbocycles. The summed E-state index contributed by atoms with van der Waals surface area (Å²) in [6.45, 7) is 4.98.